The molecular formula is C9H14. The van der Waals surface area contributed by atoms with E-state index in [4.69, 9.17) is 0 Å². The Kier molecular flexibility index (Phi) is 2.10. The van der Waals surface area contributed by atoms with Gasteiger partial charge in [0.1, 0.15) is 0 Å². The van der Waals surface area contributed by atoms with Gasteiger partial charge >= 0.3 is 0 Å². The molecule has 0 aliphatic heterocycles. The molecule has 0 heteroatoms. The molecule has 1 unspecified atom stereocenters. The average molecular weight is 122 g/mol. The molecule has 0 aromatic carbocycles. The molecule has 9 heavy (non-hydrogen) atoms. The monoisotopic (exact) mass is 122 g/mol. The zero-order valence-corrected chi connectivity index (χ0v) is 6.22. The van der Waals surface area contributed by atoms with Crippen LogP contribution in [-0.2, 0) is 0 Å². The van der Waals surface area contributed by atoms with Gasteiger partial charge < -0.3 is 0 Å². The summed E-state index contributed by atoms with van der Waals surface area (Å²) >= 11 is 0. The Morgan fingerprint density at radius 2 is 2.33 bits per heavy atom. The highest BCUT2D eigenvalue weighted by atomic mass is 14.1. The molecule has 0 aromatic rings. The summed E-state index contributed by atoms with van der Waals surface area (Å²) in [6.45, 7) is 4.50. The van der Waals surface area contributed by atoms with Crippen molar-refractivity contribution >= 4 is 0 Å². The fourth-order valence-corrected chi connectivity index (χ4v) is 1.05. The highest BCUT2D eigenvalue weighted by Gasteiger charge is 2.03. The fourth-order valence-electron chi connectivity index (χ4n) is 1.05. The van der Waals surface area contributed by atoms with Gasteiger partial charge in [-0.2, -0.15) is 0 Å². The van der Waals surface area contributed by atoms with Crippen LogP contribution >= 0.6 is 0 Å². The molecule has 0 nitrogen and oxygen atoms in total. The first-order valence-electron chi connectivity index (χ1n) is 3.64. The number of rotatable bonds is 0. The standard InChI is InChI=1S/C9H14/c1-8-6-4-3-5-7-9(8)2/h3-4,6,9H,5,7H2,1-2H3. The zero-order chi connectivity index (χ0) is 6.69. The molecule has 0 saturated heterocycles. The van der Waals surface area contributed by atoms with Gasteiger partial charge in [0.05, 0.1) is 0 Å². The van der Waals surface area contributed by atoms with Gasteiger partial charge in [0, 0.05) is 0 Å². The second-order valence-corrected chi connectivity index (χ2v) is 2.82. The third-order valence-electron chi connectivity index (χ3n) is 2.04. The SMILES string of the molecule is CC1=CC=CCCC1C. The van der Waals surface area contributed by atoms with E-state index in [9.17, 15) is 0 Å². The van der Waals surface area contributed by atoms with Crippen LogP contribution in [0.3, 0.4) is 0 Å². The molecule has 0 fully saturated rings. The smallest absolute Gasteiger partial charge is 0.0228 e. The highest BCUT2D eigenvalue weighted by molar-refractivity contribution is 5.15. The molecule has 0 bridgehead atoms. The topological polar surface area (TPSA) is 0 Å². The fraction of sp³-hybridized carbons (Fsp3) is 0.556. The second kappa shape index (κ2) is 2.86. The normalized spacial score (nSPS) is 27.3. The van der Waals surface area contributed by atoms with Crippen molar-refractivity contribution < 1.29 is 0 Å². The third-order valence-corrected chi connectivity index (χ3v) is 2.04. The second-order valence-electron chi connectivity index (χ2n) is 2.82. The predicted octanol–water partition coefficient (Wildman–Crippen LogP) is 2.92. The average Bonchev–Trinajstić information content (AvgIpc) is 1.99. The van der Waals surface area contributed by atoms with Gasteiger partial charge in [0.25, 0.3) is 0 Å². The summed E-state index contributed by atoms with van der Waals surface area (Å²) in [6, 6.07) is 0. The Morgan fingerprint density at radius 1 is 1.56 bits per heavy atom. The maximum absolute atomic E-state index is 2.29. The van der Waals surface area contributed by atoms with Crippen LogP contribution in [0.25, 0.3) is 0 Å². The van der Waals surface area contributed by atoms with E-state index in [1.54, 1.807) is 0 Å². The molecule has 0 N–H and O–H groups in total. The van der Waals surface area contributed by atoms with E-state index >= 15 is 0 Å². The lowest BCUT2D eigenvalue weighted by molar-refractivity contribution is 0.626. The Hall–Kier alpha value is -0.520. The van der Waals surface area contributed by atoms with E-state index in [0.717, 1.165) is 5.92 Å². The first-order valence-corrected chi connectivity index (χ1v) is 3.64. The third kappa shape index (κ3) is 1.70. The Balaban J connectivity index is 2.63. The van der Waals surface area contributed by atoms with Gasteiger partial charge in [-0.25, -0.2) is 0 Å². The van der Waals surface area contributed by atoms with Crippen LogP contribution in [0.15, 0.2) is 23.8 Å². The highest BCUT2D eigenvalue weighted by Crippen LogP contribution is 2.18. The molecule has 0 spiro atoms. The summed E-state index contributed by atoms with van der Waals surface area (Å²) in [5.74, 6) is 0.792. The van der Waals surface area contributed by atoms with E-state index < -0.39 is 0 Å². The van der Waals surface area contributed by atoms with E-state index in [0.29, 0.717) is 0 Å². The van der Waals surface area contributed by atoms with Crippen molar-refractivity contribution in [2.24, 2.45) is 5.92 Å². The van der Waals surface area contributed by atoms with Gasteiger partial charge in [0.2, 0.25) is 0 Å². The van der Waals surface area contributed by atoms with E-state index in [1.165, 1.54) is 18.4 Å². The zero-order valence-electron chi connectivity index (χ0n) is 6.22. The molecule has 1 aliphatic carbocycles. The van der Waals surface area contributed by atoms with Gasteiger partial charge in [-0.05, 0) is 25.7 Å². The molecule has 1 rings (SSSR count). The van der Waals surface area contributed by atoms with Crippen molar-refractivity contribution in [3.05, 3.63) is 23.8 Å². The molecule has 1 atom stereocenters. The molecule has 0 radical (unpaired) electrons. The maximum atomic E-state index is 2.29. The van der Waals surface area contributed by atoms with E-state index in [2.05, 4.69) is 32.1 Å². The van der Waals surface area contributed by atoms with Gasteiger partial charge in [-0.3, -0.25) is 0 Å². The lowest BCUT2D eigenvalue weighted by atomic mass is 9.99. The number of hydrogen-bond acceptors (Lipinski definition) is 0. The molecule has 0 heterocycles. The molecule has 50 valence electrons. The molecular weight excluding hydrogens is 108 g/mol. The molecule has 0 aromatic heterocycles. The Bertz CT molecular complexity index is 140. The Labute approximate surface area is 57.3 Å². The summed E-state index contributed by atoms with van der Waals surface area (Å²) in [6.07, 6.45) is 9.19. The van der Waals surface area contributed by atoms with Crippen molar-refractivity contribution in [1.29, 1.82) is 0 Å². The van der Waals surface area contributed by atoms with Gasteiger partial charge in [-0.1, -0.05) is 30.7 Å². The van der Waals surface area contributed by atoms with Gasteiger partial charge in [0.15, 0.2) is 0 Å². The van der Waals surface area contributed by atoms with Crippen molar-refractivity contribution in [2.45, 2.75) is 26.7 Å². The molecule has 0 saturated carbocycles. The minimum atomic E-state index is 0.792. The lowest BCUT2D eigenvalue weighted by Gasteiger charge is -2.06. The summed E-state index contributed by atoms with van der Waals surface area (Å²) in [4.78, 5) is 0. The lowest BCUT2D eigenvalue weighted by Crippen LogP contribution is -1.92. The van der Waals surface area contributed by atoms with Crippen molar-refractivity contribution in [3.8, 4) is 0 Å². The summed E-state index contributed by atoms with van der Waals surface area (Å²) in [7, 11) is 0. The van der Waals surface area contributed by atoms with Crippen LogP contribution in [-0.4, -0.2) is 0 Å². The van der Waals surface area contributed by atoms with Crippen LogP contribution in [0.4, 0.5) is 0 Å². The number of hydrogen-bond donors (Lipinski definition) is 0. The maximum Gasteiger partial charge on any atom is -0.0228 e. The quantitative estimate of drug-likeness (QED) is 0.463. The van der Waals surface area contributed by atoms with E-state index in [1.807, 2.05) is 0 Å². The first-order chi connectivity index (χ1) is 4.30. The van der Waals surface area contributed by atoms with E-state index in [-0.39, 0.29) is 0 Å². The van der Waals surface area contributed by atoms with Crippen LogP contribution in [0, 0.1) is 5.92 Å². The van der Waals surface area contributed by atoms with Gasteiger partial charge in [-0.15, -0.1) is 0 Å². The van der Waals surface area contributed by atoms with Crippen molar-refractivity contribution in [2.75, 3.05) is 0 Å². The largest absolute Gasteiger partial charge is 0.0845 e. The molecule has 0 amide bonds. The molecule has 1 aliphatic rings. The van der Waals surface area contributed by atoms with Crippen LogP contribution in [0.1, 0.15) is 26.7 Å². The van der Waals surface area contributed by atoms with Crippen LogP contribution in [0.5, 0.6) is 0 Å². The first kappa shape index (κ1) is 6.60. The number of allylic oxidation sites excluding steroid dienone is 4. The summed E-state index contributed by atoms with van der Waals surface area (Å²) in [5.41, 5.74) is 1.52. The van der Waals surface area contributed by atoms with Crippen LogP contribution < -0.4 is 0 Å². The predicted molar refractivity (Wildman–Crippen MR) is 41.3 cm³/mol. The van der Waals surface area contributed by atoms with Crippen LogP contribution in [0.2, 0.25) is 0 Å². The van der Waals surface area contributed by atoms with Crippen molar-refractivity contribution in [1.82, 2.24) is 0 Å². The minimum absolute atomic E-state index is 0.792. The minimum Gasteiger partial charge on any atom is -0.0845 e. The summed E-state index contributed by atoms with van der Waals surface area (Å²) < 4.78 is 0. The summed E-state index contributed by atoms with van der Waals surface area (Å²) in [5, 5.41) is 0. The Morgan fingerprint density at radius 3 is 3.11 bits per heavy atom. The van der Waals surface area contributed by atoms with Crippen molar-refractivity contribution in [3.63, 3.8) is 0 Å².